The van der Waals surface area contributed by atoms with Crippen molar-refractivity contribution in [3.8, 4) is 17.6 Å². The lowest BCUT2D eigenvalue weighted by Gasteiger charge is -2.12. The number of halogens is 1. The van der Waals surface area contributed by atoms with E-state index in [-0.39, 0.29) is 11.5 Å². The number of rotatable bonds is 11. The second kappa shape index (κ2) is 13.4. The molecule has 0 bridgehead atoms. The van der Waals surface area contributed by atoms with Crippen molar-refractivity contribution in [2.45, 2.75) is 19.3 Å². The number of hydrogen-bond acceptors (Lipinski definition) is 7. The minimum absolute atomic E-state index is 0.0438. The Kier molecular flexibility index (Phi) is 9.48. The van der Waals surface area contributed by atoms with Crippen molar-refractivity contribution in [2.75, 3.05) is 26.1 Å². The van der Waals surface area contributed by atoms with Crippen LogP contribution in [0, 0.1) is 11.3 Å². The summed E-state index contributed by atoms with van der Waals surface area (Å²) < 4.78 is 11.5. The summed E-state index contributed by atoms with van der Waals surface area (Å²) in [6, 6.07) is 21.4. The van der Waals surface area contributed by atoms with Crippen LogP contribution in [0.25, 0.3) is 17.0 Å². The van der Waals surface area contributed by atoms with E-state index in [1.807, 2.05) is 48.5 Å². The number of ether oxygens (including phenoxy) is 2. The molecule has 9 heteroatoms. The lowest BCUT2D eigenvalue weighted by molar-refractivity contribution is -0.117. The Bertz CT molecular complexity index is 1530. The molecule has 2 N–H and O–H groups in total. The first kappa shape index (κ1) is 27.6. The number of aryl methyl sites for hydroxylation is 1. The van der Waals surface area contributed by atoms with Gasteiger partial charge >= 0.3 is 0 Å². The third-order valence-corrected chi connectivity index (χ3v) is 6.78. The molecule has 0 saturated heterocycles. The van der Waals surface area contributed by atoms with Crippen LogP contribution in [0.2, 0.25) is 0 Å². The second-order valence-electron chi connectivity index (χ2n) is 8.68. The first-order valence-electron chi connectivity index (χ1n) is 12.4. The summed E-state index contributed by atoms with van der Waals surface area (Å²) in [5, 5.41) is 16.5. The standard InChI is InChI=1S/C30H28BrN5O3/c1-38-27-16-24-26(17-28(27)39-2)34-19-35-29(24)36-23-12-11-21(25(31)15-23)14-22(18-32)30(37)33-13-7-6-10-20-8-4-3-5-9-20/h3-5,8-9,11-12,14-17,19H,6-7,10,13H2,1-2H3,(H,33,37)(H,34,35,36). The maximum atomic E-state index is 12.6. The van der Waals surface area contributed by atoms with E-state index in [4.69, 9.17) is 9.47 Å². The first-order chi connectivity index (χ1) is 19.0. The van der Waals surface area contributed by atoms with Crippen LogP contribution in [0.4, 0.5) is 11.5 Å². The van der Waals surface area contributed by atoms with Gasteiger partial charge in [0, 0.05) is 28.2 Å². The zero-order valence-corrected chi connectivity index (χ0v) is 23.3. The van der Waals surface area contributed by atoms with Gasteiger partial charge in [0.25, 0.3) is 5.91 Å². The Morgan fingerprint density at radius 3 is 2.51 bits per heavy atom. The molecule has 0 unspecified atom stereocenters. The smallest absolute Gasteiger partial charge is 0.261 e. The van der Waals surface area contributed by atoms with Gasteiger partial charge in [-0.25, -0.2) is 9.97 Å². The second-order valence-corrected chi connectivity index (χ2v) is 9.53. The average molecular weight is 586 g/mol. The summed E-state index contributed by atoms with van der Waals surface area (Å²) in [5.41, 5.74) is 3.48. The maximum absolute atomic E-state index is 12.6. The number of nitriles is 1. The third kappa shape index (κ3) is 7.12. The predicted octanol–water partition coefficient (Wildman–Crippen LogP) is 6.20. The van der Waals surface area contributed by atoms with Crippen molar-refractivity contribution in [3.63, 3.8) is 0 Å². The molecule has 0 spiro atoms. The number of benzene rings is 3. The minimum atomic E-state index is -0.386. The third-order valence-electron chi connectivity index (χ3n) is 6.09. The summed E-state index contributed by atoms with van der Waals surface area (Å²) in [4.78, 5) is 21.3. The zero-order chi connectivity index (χ0) is 27.6. The van der Waals surface area contributed by atoms with Crippen LogP contribution < -0.4 is 20.1 Å². The molecule has 1 aromatic heterocycles. The lowest BCUT2D eigenvalue weighted by atomic mass is 10.1. The molecule has 0 fully saturated rings. The Balaban J connectivity index is 1.41. The van der Waals surface area contributed by atoms with Crippen molar-refractivity contribution in [1.29, 1.82) is 5.26 Å². The molecule has 0 atom stereocenters. The van der Waals surface area contributed by atoms with Crippen LogP contribution >= 0.6 is 15.9 Å². The van der Waals surface area contributed by atoms with Gasteiger partial charge in [0.05, 0.1) is 19.7 Å². The van der Waals surface area contributed by atoms with Gasteiger partial charge in [0.15, 0.2) is 11.5 Å². The molecule has 0 aliphatic carbocycles. The van der Waals surface area contributed by atoms with Crippen molar-refractivity contribution in [2.24, 2.45) is 0 Å². The summed E-state index contributed by atoms with van der Waals surface area (Å²) in [5.74, 6) is 1.37. The van der Waals surface area contributed by atoms with E-state index in [9.17, 15) is 10.1 Å². The Labute approximate surface area is 235 Å². The summed E-state index contributed by atoms with van der Waals surface area (Å²) in [6.07, 6.45) is 5.79. The molecule has 0 aliphatic rings. The monoisotopic (exact) mass is 585 g/mol. The SMILES string of the molecule is COc1cc2ncnc(Nc3ccc(C=C(C#N)C(=O)NCCCCc4ccccc4)c(Br)c3)c2cc1OC. The van der Waals surface area contributed by atoms with Crippen LogP contribution in [-0.4, -0.2) is 36.6 Å². The number of hydrogen-bond donors (Lipinski definition) is 2. The molecule has 0 radical (unpaired) electrons. The maximum Gasteiger partial charge on any atom is 0.261 e. The topological polar surface area (TPSA) is 109 Å². The van der Waals surface area contributed by atoms with Gasteiger partial charge in [0.1, 0.15) is 23.8 Å². The fourth-order valence-corrected chi connectivity index (χ4v) is 4.53. The van der Waals surface area contributed by atoms with E-state index in [2.05, 4.69) is 48.7 Å². The first-order valence-corrected chi connectivity index (χ1v) is 13.2. The molecule has 198 valence electrons. The predicted molar refractivity (Wildman–Crippen MR) is 156 cm³/mol. The number of carbonyl (C=O) groups is 1. The molecule has 0 saturated carbocycles. The Hall–Kier alpha value is -4.42. The number of unbranched alkanes of at least 4 members (excludes halogenated alkanes) is 1. The van der Waals surface area contributed by atoms with Crippen LogP contribution in [0.5, 0.6) is 11.5 Å². The van der Waals surface area contributed by atoms with Gasteiger partial charge in [-0.15, -0.1) is 0 Å². The Morgan fingerprint density at radius 2 is 1.79 bits per heavy atom. The molecule has 4 aromatic rings. The number of amides is 1. The highest BCUT2D eigenvalue weighted by atomic mass is 79.9. The van der Waals surface area contributed by atoms with Gasteiger partial charge in [-0.2, -0.15) is 5.26 Å². The van der Waals surface area contributed by atoms with Crippen molar-refractivity contribution >= 4 is 50.3 Å². The highest BCUT2D eigenvalue weighted by Gasteiger charge is 2.13. The number of nitrogens with zero attached hydrogens (tertiary/aromatic N) is 3. The van der Waals surface area contributed by atoms with Gasteiger partial charge in [0.2, 0.25) is 0 Å². The molecule has 1 heterocycles. The van der Waals surface area contributed by atoms with Crippen LogP contribution in [0.1, 0.15) is 24.0 Å². The van der Waals surface area contributed by atoms with Crippen molar-refractivity contribution in [3.05, 3.63) is 88.2 Å². The van der Waals surface area contributed by atoms with Gasteiger partial charge in [-0.1, -0.05) is 52.3 Å². The van der Waals surface area contributed by atoms with Crippen molar-refractivity contribution < 1.29 is 14.3 Å². The summed E-state index contributed by atoms with van der Waals surface area (Å²) in [6.45, 7) is 0.512. The van der Waals surface area contributed by atoms with E-state index in [1.165, 1.54) is 11.9 Å². The molecule has 0 aliphatic heterocycles. The largest absolute Gasteiger partial charge is 0.493 e. The fraction of sp³-hybridized carbons (Fsp3) is 0.200. The highest BCUT2D eigenvalue weighted by Crippen LogP contribution is 2.35. The summed E-state index contributed by atoms with van der Waals surface area (Å²) >= 11 is 3.56. The zero-order valence-electron chi connectivity index (χ0n) is 21.7. The molecule has 1 amide bonds. The molecule has 8 nitrogen and oxygen atoms in total. The molecular weight excluding hydrogens is 558 g/mol. The number of anilines is 2. The van der Waals surface area contributed by atoms with E-state index in [0.717, 1.165) is 30.3 Å². The average Bonchev–Trinajstić information content (AvgIpc) is 2.96. The number of fused-ring (bicyclic) bond motifs is 1. The van der Waals surface area contributed by atoms with Crippen LogP contribution in [-0.2, 0) is 11.2 Å². The normalized spacial score (nSPS) is 11.1. The number of nitrogens with one attached hydrogen (secondary N) is 2. The van der Waals surface area contributed by atoms with Gasteiger partial charge in [-0.05, 0) is 54.7 Å². The number of aromatic nitrogens is 2. The van der Waals surface area contributed by atoms with E-state index in [1.54, 1.807) is 26.4 Å². The van der Waals surface area contributed by atoms with Crippen LogP contribution in [0.3, 0.4) is 0 Å². The van der Waals surface area contributed by atoms with Gasteiger partial charge in [-0.3, -0.25) is 4.79 Å². The number of methoxy groups -OCH3 is 2. The molecular formula is C30H28BrN5O3. The lowest BCUT2D eigenvalue weighted by Crippen LogP contribution is -2.25. The minimum Gasteiger partial charge on any atom is -0.493 e. The van der Waals surface area contributed by atoms with E-state index < -0.39 is 0 Å². The number of carbonyl (C=O) groups excluding carboxylic acids is 1. The fourth-order valence-electron chi connectivity index (χ4n) is 4.04. The van der Waals surface area contributed by atoms with E-state index >= 15 is 0 Å². The Morgan fingerprint density at radius 1 is 1.03 bits per heavy atom. The molecule has 4 rings (SSSR count). The quantitative estimate of drug-likeness (QED) is 0.122. The van der Waals surface area contributed by atoms with Gasteiger partial charge < -0.3 is 20.1 Å². The molecule has 3 aromatic carbocycles. The summed E-state index contributed by atoms with van der Waals surface area (Å²) in [7, 11) is 3.15. The van der Waals surface area contributed by atoms with Crippen LogP contribution in [0.15, 0.2) is 77.0 Å². The van der Waals surface area contributed by atoms with E-state index in [0.29, 0.717) is 39.4 Å². The van der Waals surface area contributed by atoms with Crippen molar-refractivity contribution in [1.82, 2.24) is 15.3 Å². The molecule has 39 heavy (non-hydrogen) atoms. The highest BCUT2D eigenvalue weighted by molar-refractivity contribution is 9.10.